The van der Waals surface area contributed by atoms with E-state index in [0.717, 1.165) is 0 Å². The number of hydrogen-bond donors (Lipinski definition) is 3. The second-order valence-electron chi connectivity index (χ2n) is 8.66. The number of amides is 3. The Hall–Kier alpha value is -2.46. The van der Waals surface area contributed by atoms with Gasteiger partial charge < -0.3 is 10.6 Å². The number of alkyl halides is 3. The molecule has 1 saturated carbocycles. The number of carbonyl (C=O) groups excluding carboxylic acids is 3. The van der Waals surface area contributed by atoms with E-state index in [4.69, 9.17) is 5.73 Å². The Morgan fingerprint density at radius 1 is 1.16 bits per heavy atom. The molecule has 1 aromatic rings. The van der Waals surface area contributed by atoms with Crippen LogP contribution in [-0.2, 0) is 22.7 Å². The number of rotatable bonds is 4. The molecule has 10 heteroatoms. The highest BCUT2D eigenvalue weighted by Gasteiger charge is 2.55. The lowest BCUT2D eigenvalue weighted by atomic mass is 9.79. The largest absolute Gasteiger partial charge is 0.406 e. The van der Waals surface area contributed by atoms with Crippen molar-refractivity contribution in [1.82, 2.24) is 15.5 Å². The number of hydrogen-bond acceptors (Lipinski definition) is 5. The minimum Gasteiger partial charge on any atom is -0.328 e. The standard InChI is InChI=1S/C21H25F3N4O3/c22-21(23,24)20(7-5-14(25)6-8-20)26-10-12-1-2-13-11-28(19(31)15(13)9-12)16-3-4-17(29)27-18(16)30/h1-2,9,14,16,26H,3-8,10-11,25H2,(H,27,29,30). The van der Waals surface area contributed by atoms with Crippen LogP contribution in [0.15, 0.2) is 18.2 Å². The molecular weight excluding hydrogens is 413 g/mol. The van der Waals surface area contributed by atoms with Gasteiger partial charge in [0.05, 0.1) is 0 Å². The fourth-order valence-corrected chi connectivity index (χ4v) is 4.68. The Morgan fingerprint density at radius 3 is 2.52 bits per heavy atom. The fraction of sp³-hybridized carbons (Fsp3) is 0.571. The maximum atomic E-state index is 13.8. The summed E-state index contributed by atoms with van der Waals surface area (Å²) in [6.45, 7) is 0.201. The van der Waals surface area contributed by atoms with E-state index in [1.165, 1.54) is 4.90 Å². The van der Waals surface area contributed by atoms with E-state index in [2.05, 4.69) is 10.6 Å². The molecule has 0 aromatic heterocycles. The van der Waals surface area contributed by atoms with Crippen molar-refractivity contribution in [2.24, 2.45) is 5.73 Å². The van der Waals surface area contributed by atoms with Crippen molar-refractivity contribution < 1.29 is 27.6 Å². The van der Waals surface area contributed by atoms with Gasteiger partial charge in [0.2, 0.25) is 11.8 Å². The van der Waals surface area contributed by atoms with E-state index in [1.54, 1.807) is 18.2 Å². The lowest BCUT2D eigenvalue weighted by Gasteiger charge is -2.41. The lowest BCUT2D eigenvalue weighted by Crippen LogP contribution is -2.59. The predicted molar refractivity (Wildman–Crippen MR) is 105 cm³/mol. The summed E-state index contributed by atoms with van der Waals surface area (Å²) in [6, 6.07) is 4.07. The minimum absolute atomic E-state index is 0.0340. The molecule has 4 rings (SSSR count). The molecule has 1 aliphatic carbocycles. The molecule has 0 radical (unpaired) electrons. The first-order valence-corrected chi connectivity index (χ1v) is 10.4. The van der Waals surface area contributed by atoms with Gasteiger partial charge in [-0.15, -0.1) is 0 Å². The van der Waals surface area contributed by atoms with E-state index in [0.29, 0.717) is 29.5 Å². The fourth-order valence-electron chi connectivity index (χ4n) is 4.68. The van der Waals surface area contributed by atoms with Crippen molar-refractivity contribution in [3.05, 3.63) is 34.9 Å². The van der Waals surface area contributed by atoms with Gasteiger partial charge in [-0.1, -0.05) is 12.1 Å². The van der Waals surface area contributed by atoms with Crippen LogP contribution in [0, 0.1) is 0 Å². The molecule has 2 heterocycles. The van der Waals surface area contributed by atoms with Crippen LogP contribution in [0.1, 0.15) is 60.0 Å². The number of halogens is 3. The second kappa shape index (κ2) is 7.90. The highest BCUT2D eigenvalue weighted by Crippen LogP contribution is 2.41. The first-order chi connectivity index (χ1) is 14.6. The third kappa shape index (κ3) is 4.06. The van der Waals surface area contributed by atoms with E-state index in [1.807, 2.05) is 0 Å². The van der Waals surface area contributed by atoms with Gasteiger partial charge in [0.1, 0.15) is 11.6 Å². The number of nitrogens with two attached hydrogens (primary N) is 1. The zero-order valence-electron chi connectivity index (χ0n) is 16.9. The Labute approximate surface area is 177 Å². The summed E-state index contributed by atoms with van der Waals surface area (Å²) < 4.78 is 41.4. The zero-order chi connectivity index (χ0) is 22.4. The molecule has 3 aliphatic rings. The lowest BCUT2D eigenvalue weighted by molar-refractivity contribution is -0.206. The molecule has 7 nitrogen and oxygen atoms in total. The Kier molecular flexibility index (Phi) is 5.55. The first-order valence-electron chi connectivity index (χ1n) is 10.4. The van der Waals surface area contributed by atoms with Gasteiger partial charge in [-0.3, -0.25) is 25.0 Å². The summed E-state index contributed by atoms with van der Waals surface area (Å²) in [5.41, 5.74) is 5.47. The highest BCUT2D eigenvalue weighted by atomic mass is 19.4. The number of fused-ring (bicyclic) bond motifs is 1. The Balaban J connectivity index is 1.48. The monoisotopic (exact) mass is 438 g/mol. The zero-order valence-corrected chi connectivity index (χ0v) is 16.9. The molecule has 31 heavy (non-hydrogen) atoms. The number of benzene rings is 1. The molecule has 0 bridgehead atoms. The molecule has 3 amide bonds. The van der Waals surface area contributed by atoms with Gasteiger partial charge in [0, 0.05) is 31.1 Å². The van der Waals surface area contributed by atoms with E-state index < -0.39 is 23.7 Å². The Morgan fingerprint density at radius 2 is 1.87 bits per heavy atom. The van der Waals surface area contributed by atoms with Crippen LogP contribution >= 0.6 is 0 Å². The summed E-state index contributed by atoms with van der Waals surface area (Å²) in [7, 11) is 0. The van der Waals surface area contributed by atoms with Gasteiger partial charge in [-0.2, -0.15) is 13.2 Å². The summed E-state index contributed by atoms with van der Waals surface area (Å²) in [5, 5.41) is 4.94. The van der Waals surface area contributed by atoms with Crippen molar-refractivity contribution in [2.75, 3.05) is 0 Å². The van der Waals surface area contributed by atoms with E-state index >= 15 is 0 Å². The average Bonchev–Trinajstić information content (AvgIpc) is 3.03. The third-order valence-corrected chi connectivity index (χ3v) is 6.65. The summed E-state index contributed by atoms with van der Waals surface area (Å²) >= 11 is 0. The van der Waals surface area contributed by atoms with E-state index in [9.17, 15) is 27.6 Å². The molecule has 168 valence electrons. The van der Waals surface area contributed by atoms with Crippen molar-refractivity contribution in [1.29, 1.82) is 0 Å². The van der Waals surface area contributed by atoms with Crippen LogP contribution in [0.4, 0.5) is 13.2 Å². The van der Waals surface area contributed by atoms with Crippen LogP contribution in [0.3, 0.4) is 0 Å². The van der Waals surface area contributed by atoms with Crippen molar-refractivity contribution in [2.45, 2.75) is 75.4 Å². The van der Waals surface area contributed by atoms with Crippen LogP contribution in [0.25, 0.3) is 0 Å². The number of nitrogens with one attached hydrogen (secondary N) is 2. The summed E-state index contributed by atoms with van der Waals surface area (Å²) in [5.74, 6) is -1.21. The normalized spacial score (nSPS) is 29.2. The SMILES string of the molecule is NC1CCC(NCc2ccc3c(c2)C(=O)N(C2CCC(=O)NC2=O)C3)(C(F)(F)F)CC1. The topological polar surface area (TPSA) is 105 Å². The predicted octanol–water partition coefficient (Wildman–Crippen LogP) is 1.74. The smallest absolute Gasteiger partial charge is 0.328 e. The van der Waals surface area contributed by atoms with Crippen LogP contribution in [-0.4, -0.2) is 46.4 Å². The molecule has 4 N–H and O–H groups in total. The number of imide groups is 1. The van der Waals surface area contributed by atoms with Gasteiger partial charge >= 0.3 is 6.18 Å². The average molecular weight is 438 g/mol. The van der Waals surface area contributed by atoms with E-state index in [-0.39, 0.29) is 56.6 Å². The quantitative estimate of drug-likeness (QED) is 0.622. The number of piperidine rings is 1. The van der Waals surface area contributed by atoms with Gasteiger partial charge in [0.15, 0.2) is 0 Å². The van der Waals surface area contributed by atoms with Crippen LogP contribution < -0.4 is 16.4 Å². The minimum atomic E-state index is -4.40. The molecule has 1 aromatic carbocycles. The molecule has 2 aliphatic heterocycles. The first kappa shape index (κ1) is 21.8. The molecule has 1 saturated heterocycles. The third-order valence-electron chi connectivity index (χ3n) is 6.65. The maximum Gasteiger partial charge on any atom is 0.406 e. The van der Waals surface area contributed by atoms with Gasteiger partial charge in [-0.05, 0) is 49.3 Å². The molecule has 0 spiro atoms. The molecule has 1 atom stereocenters. The molecular formula is C21H25F3N4O3. The number of nitrogens with zero attached hydrogens (tertiary/aromatic N) is 1. The van der Waals surface area contributed by atoms with Gasteiger partial charge in [0.25, 0.3) is 5.91 Å². The van der Waals surface area contributed by atoms with Crippen LogP contribution in [0.2, 0.25) is 0 Å². The van der Waals surface area contributed by atoms with Crippen LogP contribution in [0.5, 0.6) is 0 Å². The summed E-state index contributed by atoms with van der Waals surface area (Å²) in [4.78, 5) is 37.8. The number of carbonyl (C=O) groups is 3. The van der Waals surface area contributed by atoms with Crippen molar-refractivity contribution >= 4 is 17.7 Å². The highest BCUT2D eigenvalue weighted by molar-refractivity contribution is 6.05. The summed E-state index contributed by atoms with van der Waals surface area (Å²) in [6.07, 6.45) is -3.53. The maximum absolute atomic E-state index is 13.8. The van der Waals surface area contributed by atoms with Crippen molar-refractivity contribution in [3.63, 3.8) is 0 Å². The van der Waals surface area contributed by atoms with Gasteiger partial charge in [-0.25, -0.2) is 0 Å². The molecule has 1 unspecified atom stereocenters. The van der Waals surface area contributed by atoms with Crippen molar-refractivity contribution in [3.8, 4) is 0 Å². The molecule has 2 fully saturated rings. The second-order valence-corrected chi connectivity index (χ2v) is 8.66. The Bertz CT molecular complexity index is 910.